The Bertz CT molecular complexity index is 366. The van der Waals surface area contributed by atoms with Crippen molar-refractivity contribution in [3.63, 3.8) is 0 Å². The van der Waals surface area contributed by atoms with Gasteiger partial charge in [-0.15, -0.1) is 0 Å². The molecule has 3 amide bonds. The number of amides is 3. The Kier molecular flexibility index (Phi) is 4.45. The van der Waals surface area contributed by atoms with Gasteiger partial charge in [-0.25, -0.2) is 0 Å². The van der Waals surface area contributed by atoms with Crippen LogP contribution in [0.5, 0.6) is 0 Å². The lowest BCUT2D eigenvalue weighted by Crippen LogP contribution is -2.65. The van der Waals surface area contributed by atoms with Gasteiger partial charge in [-0.1, -0.05) is 6.92 Å². The number of rotatable bonds is 4. The Hall–Kier alpha value is -1.43. The molecule has 0 aromatic heterocycles. The molecular formula is C12H21N3O3. The first kappa shape index (κ1) is 14.6. The predicted octanol–water partition coefficient (Wildman–Crippen LogP) is -0.375. The van der Waals surface area contributed by atoms with Crippen LogP contribution in [-0.4, -0.2) is 41.2 Å². The number of nitrogens with two attached hydrogens (primary N) is 1. The quantitative estimate of drug-likeness (QED) is 0.670. The van der Waals surface area contributed by atoms with Crippen LogP contribution in [0.3, 0.4) is 0 Å². The molecule has 6 nitrogen and oxygen atoms in total. The largest absolute Gasteiger partial charge is 0.330 e. The van der Waals surface area contributed by atoms with E-state index in [0.717, 1.165) is 0 Å². The molecule has 6 heteroatoms. The summed E-state index contributed by atoms with van der Waals surface area (Å²) in [4.78, 5) is 36.4. The van der Waals surface area contributed by atoms with Gasteiger partial charge in [0.1, 0.15) is 12.1 Å². The van der Waals surface area contributed by atoms with Gasteiger partial charge in [0.05, 0.1) is 0 Å². The van der Waals surface area contributed by atoms with Crippen LogP contribution in [0, 0.1) is 5.92 Å². The molecule has 0 aliphatic carbocycles. The van der Waals surface area contributed by atoms with Crippen molar-refractivity contribution >= 4 is 17.7 Å². The van der Waals surface area contributed by atoms with Crippen LogP contribution >= 0.6 is 0 Å². The maximum atomic E-state index is 12.1. The topological polar surface area (TPSA) is 92.5 Å². The van der Waals surface area contributed by atoms with Gasteiger partial charge in [0.2, 0.25) is 11.8 Å². The van der Waals surface area contributed by atoms with Gasteiger partial charge >= 0.3 is 0 Å². The molecule has 1 rings (SSSR count). The molecule has 0 bridgehead atoms. The highest BCUT2D eigenvalue weighted by Gasteiger charge is 2.43. The second-order valence-corrected chi connectivity index (χ2v) is 5.30. The SMILES string of the molecule is CC(CN)CCC(=O)N1CC(=O)NC(=O)C1(C)C. The van der Waals surface area contributed by atoms with E-state index in [2.05, 4.69) is 5.32 Å². The van der Waals surface area contributed by atoms with Crippen LogP contribution in [0.4, 0.5) is 0 Å². The summed E-state index contributed by atoms with van der Waals surface area (Å²) in [6, 6.07) is 0. The number of nitrogens with one attached hydrogen (secondary N) is 1. The van der Waals surface area contributed by atoms with Gasteiger partial charge in [0.15, 0.2) is 0 Å². The first-order valence-corrected chi connectivity index (χ1v) is 6.14. The Morgan fingerprint density at radius 2 is 2.11 bits per heavy atom. The van der Waals surface area contributed by atoms with E-state index in [1.54, 1.807) is 13.8 Å². The summed E-state index contributed by atoms with van der Waals surface area (Å²) < 4.78 is 0. The van der Waals surface area contributed by atoms with Crippen molar-refractivity contribution in [2.45, 2.75) is 39.2 Å². The Morgan fingerprint density at radius 3 is 2.67 bits per heavy atom. The Labute approximate surface area is 107 Å². The molecule has 0 spiro atoms. The highest BCUT2D eigenvalue weighted by molar-refractivity contribution is 6.06. The minimum absolute atomic E-state index is 0.0609. The molecule has 1 unspecified atom stereocenters. The first-order valence-electron chi connectivity index (χ1n) is 6.14. The molecule has 102 valence electrons. The summed E-state index contributed by atoms with van der Waals surface area (Å²) >= 11 is 0. The van der Waals surface area contributed by atoms with Gasteiger partial charge < -0.3 is 10.6 Å². The number of carbonyl (C=O) groups excluding carboxylic acids is 3. The lowest BCUT2D eigenvalue weighted by Gasteiger charge is -2.40. The van der Waals surface area contributed by atoms with Crippen molar-refractivity contribution < 1.29 is 14.4 Å². The Balaban J connectivity index is 2.70. The van der Waals surface area contributed by atoms with Crippen LogP contribution < -0.4 is 11.1 Å². The molecule has 0 aromatic rings. The summed E-state index contributed by atoms with van der Waals surface area (Å²) in [5.41, 5.74) is 4.52. The molecule has 18 heavy (non-hydrogen) atoms. The molecule has 1 aliphatic rings. The smallest absolute Gasteiger partial charge is 0.252 e. The zero-order valence-corrected chi connectivity index (χ0v) is 11.2. The molecule has 1 saturated heterocycles. The zero-order valence-electron chi connectivity index (χ0n) is 11.2. The fraction of sp³-hybridized carbons (Fsp3) is 0.750. The van der Waals surface area contributed by atoms with E-state index < -0.39 is 17.4 Å². The molecular weight excluding hydrogens is 234 g/mol. The second-order valence-electron chi connectivity index (χ2n) is 5.30. The highest BCUT2D eigenvalue weighted by Crippen LogP contribution is 2.20. The van der Waals surface area contributed by atoms with Crippen molar-refractivity contribution in [3.8, 4) is 0 Å². The van der Waals surface area contributed by atoms with E-state index in [0.29, 0.717) is 19.4 Å². The normalized spacial score (nSPS) is 20.6. The maximum Gasteiger partial charge on any atom is 0.252 e. The van der Waals surface area contributed by atoms with E-state index in [-0.39, 0.29) is 18.4 Å². The van der Waals surface area contributed by atoms with Crippen LogP contribution in [0.1, 0.15) is 33.6 Å². The third-order valence-corrected chi connectivity index (χ3v) is 3.34. The third kappa shape index (κ3) is 3.07. The monoisotopic (exact) mass is 255 g/mol. The summed E-state index contributed by atoms with van der Waals surface area (Å²) in [6.07, 6.45) is 0.972. The molecule has 0 radical (unpaired) electrons. The van der Waals surface area contributed by atoms with Gasteiger partial charge in [-0.05, 0) is 32.7 Å². The maximum absolute atomic E-state index is 12.1. The minimum atomic E-state index is -0.975. The van der Waals surface area contributed by atoms with Gasteiger partial charge in [0.25, 0.3) is 5.91 Å². The fourth-order valence-corrected chi connectivity index (χ4v) is 1.81. The third-order valence-electron chi connectivity index (χ3n) is 3.34. The molecule has 3 N–H and O–H groups in total. The van der Waals surface area contributed by atoms with Gasteiger partial charge in [-0.3, -0.25) is 19.7 Å². The van der Waals surface area contributed by atoms with Crippen LogP contribution in [0.2, 0.25) is 0 Å². The summed E-state index contributed by atoms with van der Waals surface area (Å²) in [7, 11) is 0. The van der Waals surface area contributed by atoms with Gasteiger partial charge in [0, 0.05) is 6.42 Å². The van der Waals surface area contributed by atoms with Crippen molar-refractivity contribution in [2.24, 2.45) is 11.7 Å². The summed E-state index contributed by atoms with van der Waals surface area (Å²) in [5, 5.41) is 2.24. The van der Waals surface area contributed by atoms with Crippen LogP contribution in [0.25, 0.3) is 0 Å². The summed E-state index contributed by atoms with van der Waals surface area (Å²) in [5.74, 6) is -0.784. The molecule has 0 aromatic carbocycles. The number of piperazine rings is 1. The average Bonchev–Trinajstić information content (AvgIpc) is 2.30. The van der Waals surface area contributed by atoms with Crippen molar-refractivity contribution in [3.05, 3.63) is 0 Å². The van der Waals surface area contributed by atoms with E-state index in [1.807, 2.05) is 6.92 Å². The predicted molar refractivity (Wildman–Crippen MR) is 66.4 cm³/mol. The fourth-order valence-electron chi connectivity index (χ4n) is 1.81. The van der Waals surface area contributed by atoms with Crippen molar-refractivity contribution in [1.29, 1.82) is 0 Å². The van der Waals surface area contributed by atoms with E-state index in [1.165, 1.54) is 4.90 Å². The van der Waals surface area contributed by atoms with Gasteiger partial charge in [-0.2, -0.15) is 0 Å². The highest BCUT2D eigenvalue weighted by atomic mass is 16.2. The van der Waals surface area contributed by atoms with Crippen molar-refractivity contribution in [2.75, 3.05) is 13.1 Å². The number of nitrogens with zero attached hydrogens (tertiary/aromatic N) is 1. The van der Waals surface area contributed by atoms with Crippen molar-refractivity contribution in [1.82, 2.24) is 10.2 Å². The van der Waals surface area contributed by atoms with Crippen LogP contribution in [0.15, 0.2) is 0 Å². The standard InChI is InChI=1S/C12H21N3O3/c1-8(6-13)4-5-10(17)15-7-9(16)14-11(18)12(15,2)3/h8H,4-7,13H2,1-3H3,(H,14,16,18). The molecule has 1 fully saturated rings. The lowest BCUT2D eigenvalue weighted by molar-refractivity contribution is -0.155. The molecule has 1 atom stereocenters. The van der Waals surface area contributed by atoms with Crippen LogP contribution in [-0.2, 0) is 14.4 Å². The molecule has 0 saturated carbocycles. The molecule has 1 aliphatic heterocycles. The number of carbonyl (C=O) groups is 3. The van der Waals surface area contributed by atoms with E-state index >= 15 is 0 Å². The Morgan fingerprint density at radius 1 is 1.50 bits per heavy atom. The number of hydrogen-bond donors (Lipinski definition) is 2. The van der Waals surface area contributed by atoms with E-state index in [9.17, 15) is 14.4 Å². The number of imide groups is 1. The van der Waals surface area contributed by atoms with E-state index in [4.69, 9.17) is 5.73 Å². The first-order chi connectivity index (χ1) is 8.28. The number of hydrogen-bond acceptors (Lipinski definition) is 4. The average molecular weight is 255 g/mol. The second kappa shape index (κ2) is 5.48. The lowest BCUT2D eigenvalue weighted by atomic mass is 9.97. The molecule has 1 heterocycles. The minimum Gasteiger partial charge on any atom is -0.330 e. The zero-order chi connectivity index (χ0) is 13.9. The summed E-state index contributed by atoms with van der Waals surface area (Å²) in [6.45, 7) is 5.70.